The van der Waals surface area contributed by atoms with Gasteiger partial charge < -0.3 is 15.5 Å². The fourth-order valence-electron chi connectivity index (χ4n) is 3.92. The number of aliphatic imine (C=N–C) groups is 1. The molecule has 0 spiro atoms. The first kappa shape index (κ1) is 26.7. The van der Waals surface area contributed by atoms with E-state index < -0.39 is 12.7 Å². The molecule has 2 rings (SSSR count). The van der Waals surface area contributed by atoms with Gasteiger partial charge in [0, 0.05) is 38.8 Å². The minimum Gasteiger partial charge on any atom is -0.357 e. The molecule has 2 fully saturated rings. The molecule has 2 saturated heterocycles. The molecule has 0 saturated carbocycles. The molecule has 1 unspecified atom stereocenters. The van der Waals surface area contributed by atoms with E-state index in [1.807, 2.05) is 6.92 Å². The Labute approximate surface area is 190 Å². The van der Waals surface area contributed by atoms with Crippen LogP contribution in [0.3, 0.4) is 0 Å². The second-order valence-corrected chi connectivity index (χ2v) is 8.17. The van der Waals surface area contributed by atoms with Gasteiger partial charge in [-0.15, -0.1) is 24.0 Å². The van der Waals surface area contributed by atoms with Crippen molar-refractivity contribution in [2.45, 2.75) is 38.4 Å². The maximum Gasteiger partial charge on any atom is 0.401 e. The van der Waals surface area contributed by atoms with Crippen LogP contribution in [0.4, 0.5) is 13.2 Å². The molecule has 2 aliphatic rings. The van der Waals surface area contributed by atoms with Gasteiger partial charge in [0.1, 0.15) is 0 Å². The standard InChI is InChI=1S/C19H37F3N6.HI/c1-4-23-18(25-13-17-14-26(2)11-12-27(17)3)24-8-5-16-6-9-28(10-7-16)15-19(20,21)22;/h16-17H,4-15H2,1-3H3,(H2,23,24,25);1H. The average molecular weight is 534 g/mol. The highest BCUT2D eigenvalue weighted by Crippen LogP contribution is 2.23. The molecule has 6 nitrogen and oxygen atoms in total. The summed E-state index contributed by atoms with van der Waals surface area (Å²) in [6.07, 6.45) is -1.45. The van der Waals surface area contributed by atoms with Crippen LogP contribution < -0.4 is 10.6 Å². The maximum atomic E-state index is 12.5. The van der Waals surface area contributed by atoms with Gasteiger partial charge in [-0.2, -0.15) is 13.2 Å². The summed E-state index contributed by atoms with van der Waals surface area (Å²) >= 11 is 0. The number of alkyl halides is 3. The van der Waals surface area contributed by atoms with E-state index in [4.69, 9.17) is 4.99 Å². The molecule has 0 amide bonds. The second kappa shape index (κ2) is 13.2. The van der Waals surface area contributed by atoms with Crippen LogP contribution in [0.1, 0.15) is 26.2 Å². The molecular weight excluding hydrogens is 496 g/mol. The summed E-state index contributed by atoms with van der Waals surface area (Å²) in [5.41, 5.74) is 0. The Kier molecular flexibility index (Phi) is 12.1. The zero-order chi connectivity index (χ0) is 20.6. The Bertz CT molecular complexity index is 483. The van der Waals surface area contributed by atoms with E-state index in [0.29, 0.717) is 25.0 Å². The Morgan fingerprint density at radius 1 is 1.07 bits per heavy atom. The van der Waals surface area contributed by atoms with Gasteiger partial charge in [0.25, 0.3) is 0 Å². The number of likely N-dealkylation sites (N-methyl/N-ethyl adjacent to an activating group) is 2. The summed E-state index contributed by atoms with van der Waals surface area (Å²) in [5.74, 6) is 1.32. The quantitative estimate of drug-likeness (QED) is 0.298. The predicted octanol–water partition coefficient (Wildman–Crippen LogP) is 2.07. The first-order chi connectivity index (χ1) is 13.3. The maximum absolute atomic E-state index is 12.5. The van der Waals surface area contributed by atoms with Crippen molar-refractivity contribution in [1.82, 2.24) is 25.3 Å². The first-order valence-corrected chi connectivity index (χ1v) is 10.5. The molecule has 0 aliphatic carbocycles. The van der Waals surface area contributed by atoms with Crippen molar-refractivity contribution in [3.63, 3.8) is 0 Å². The monoisotopic (exact) mass is 534 g/mol. The van der Waals surface area contributed by atoms with E-state index in [1.165, 1.54) is 4.90 Å². The van der Waals surface area contributed by atoms with Gasteiger partial charge in [0.15, 0.2) is 5.96 Å². The van der Waals surface area contributed by atoms with Gasteiger partial charge in [-0.1, -0.05) is 0 Å². The van der Waals surface area contributed by atoms with E-state index in [-0.39, 0.29) is 24.0 Å². The van der Waals surface area contributed by atoms with Gasteiger partial charge in [-0.25, -0.2) is 0 Å². The highest BCUT2D eigenvalue weighted by atomic mass is 127. The van der Waals surface area contributed by atoms with E-state index in [1.54, 1.807) is 0 Å². The van der Waals surface area contributed by atoms with Crippen LogP contribution in [0.2, 0.25) is 0 Å². The average Bonchev–Trinajstić information content (AvgIpc) is 2.62. The molecule has 2 aliphatic heterocycles. The fourth-order valence-corrected chi connectivity index (χ4v) is 3.92. The molecule has 29 heavy (non-hydrogen) atoms. The van der Waals surface area contributed by atoms with Crippen LogP contribution in [-0.2, 0) is 0 Å². The summed E-state index contributed by atoms with van der Waals surface area (Å²) in [6, 6.07) is 0.423. The van der Waals surface area contributed by atoms with Gasteiger partial charge >= 0.3 is 6.18 Å². The number of piperidine rings is 1. The normalized spacial score (nSPS) is 23.7. The zero-order valence-electron chi connectivity index (χ0n) is 18.0. The van der Waals surface area contributed by atoms with E-state index in [0.717, 1.165) is 64.5 Å². The fraction of sp³-hybridized carbons (Fsp3) is 0.947. The first-order valence-electron chi connectivity index (χ1n) is 10.5. The summed E-state index contributed by atoms with van der Waals surface area (Å²) in [7, 11) is 4.30. The molecule has 0 aromatic carbocycles. The topological polar surface area (TPSA) is 46.1 Å². The number of hydrogen-bond acceptors (Lipinski definition) is 4. The van der Waals surface area contributed by atoms with Crippen molar-refractivity contribution >= 4 is 29.9 Å². The smallest absolute Gasteiger partial charge is 0.357 e. The second-order valence-electron chi connectivity index (χ2n) is 8.17. The van der Waals surface area contributed by atoms with Crippen molar-refractivity contribution in [2.24, 2.45) is 10.9 Å². The van der Waals surface area contributed by atoms with Crippen molar-refractivity contribution in [1.29, 1.82) is 0 Å². The lowest BCUT2D eigenvalue weighted by Gasteiger charge is -2.37. The zero-order valence-corrected chi connectivity index (χ0v) is 20.3. The molecule has 2 heterocycles. The predicted molar refractivity (Wildman–Crippen MR) is 123 cm³/mol. The Hall–Kier alpha value is -0.330. The Morgan fingerprint density at radius 2 is 1.76 bits per heavy atom. The Balaban J connectivity index is 0.00000420. The van der Waals surface area contributed by atoms with Crippen molar-refractivity contribution in [2.75, 3.05) is 73.0 Å². The lowest BCUT2D eigenvalue weighted by molar-refractivity contribution is -0.148. The Morgan fingerprint density at radius 3 is 2.38 bits per heavy atom. The molecule has 0 aromatic heterocycles. The largest absolute Gasteiger partial charge is 0.401 e. The summed E-state index contributed by atoms with van der Waals surface area (Å²) in [4.78, 5) is 11.0. The summed E-state index contributed by atoms with van der Waals surface area (Å²) in [6.45, 7) is 7.90. The summed E-state index contributed by atoms with van der Waals surface area (Å²) in [5, 5.41) is 6.69. The molecule has 2 N–H and O–H groups in total. The van der Waals surface area contributed by atoms with Gasteiger partial charge in [0.2, 0.25) is 0 Å². The third-order valence-electron chi connectivity index (χ3n) is 5.74. The number of guanidine groups is 1. The van der Waals surface area contributed by atoms with Crippen LogP contribution in [0.5, 0.6) is 0 Å². The molecule has 0 bridgehead atoms. The highest BCUT2D eigenvalue weighted by molar-refractivity contribution is 14.0. The molecule has 10 heteroatoms. The molecular formula is C19H38F3IN6. The molecule has 0 aromatic rings. The number of hydrogen-bond donors (Lipinski definition) is 2. The highest BCUT2D eigenvalue weighted by Gasteiger charge is 2.32. The minimum atomic E-state index is -4.09. The van der Waals surface area contributed by atoms with Gasteiger partial charge in [-0.05, 0) is 59.3 Å². The van der Waals surface area contributed by atoms with Crippen molar-refractivity contribution < 1.29 is 13.2 Å². The third kappa shape index (κ3) is 10.5. The van der Waals surface area contributed by atoms with Crippen LogP contribution in [-0.4, -0.2) is 106 Å². The van der Waals surface area contributed by atoms with Crippen molar-refractivity contribution in [3.05, 3.63) is 0 Å². The van der Waals surface area contributed by atoms with Crippen LogP contribution in [0, 0.1) is 5.92 Å². The number of likely N-dealkylation sites (tertiary alicyclic amines) is 1. The molecule has 1 atom stereocenters. The van der Waals surface area contributed by atoms with Crippen LogP contribution in [0.25, 0.3) is 0 Å². The van der Waals surface area contributed by atoms with Crippen LogP contribution >= 0.6 is 24.0 Å². The summed E-state index contributed by atoms with van der Waals surface area (Å²) < 4.78 is 37.4. The number of halogens is 4. The number of piperazine rings is 1. The number of rotatable bonds is 7. The van der Waals surface area contributed by atoms with E-state index in [2.05, 4.69) is 34.5 Å². The van der Waals surface area contributed by atoms with E-state index in [9.17, 15) is 13.2 Å². The lowest BCUT2D eigenvalue weighted by atomic mass is 9.93. The molecule has 0 radical (unpaired) electrons. The number of nitrogens with zero attached hydrogens (tertiary/aromatic N) is 4. The van der Waals surface area contributed by atoms with Gasteiger partial charge in [0.05, 0.1) is 13.1 Å². The van der Waals surface area contributed by atoms with Crippen molar-refractivity contribution in [3.8, 4) is 0 Å². The SMILES string of the molecule is CCNC(=NCC1CN(C)CCN1C)NCCC1CCN(CC(F)(F)F)CC1.I. The van der Waals surface area contributed by atoms with E-state index >= 15 is 0 Å². The van der Waals surface area contributed by atoms with Crippen LogP contribution in [0.15, 0.2) is 4.99 Å². The lowest BCUT2D eigenvalue weighted by Crippen LogP contribution is -2.51. The van der Waals surface area contributed by atoms with Gasteiger partial charge in [-0.3, -0.25) is 14.8 Å². The molecule has 172 valence electrons. The number of nitrogens with one attached hydrogen (secondary N) is 2. The minimum absolute atomic E-state index is 0. The third-order valence-corrected chi connectivity index (χ3v) is 5.74.